The van der Waals surface area contributed by atoms with E-state index < -0.39 is 10.7 Å². The van der Waals surface area contributed by atoms with E-state index in [1.165, 1.54) is 23.1 Å². The van der Waals surface area contributed by atoms with E-state index in [4.69, 9.17) is 0 Å². The predicted molar refractivity (Wildman–Crippen MR) is 104 cm³/mol. The van der Waals surface area contributed by atoms with Crippen LogP contribution in [0.3, 0.4) is 0 Å². The zero-order valence-corrected chi connectivity index (χ0v) is 15.5. The minimum atomic E-state index is -0.472. The van der Waals surface area contributed by atoms with Crippen LogP contribution in [0.15, 0.2) is 52.4 Å². The topological polar surface area (TPSA) is 75.8 Å². The number of amidine groups is 1. The number of halogens is 1. The minimum absolute atomic E-state index is 0.00705. The fourth-order valence-corrected chi connectivity index (χ4v) is 3.64. The van der Waals surface area contributed by atoms with Crippen molar-refractivity contribution < 1.29 is 14.1 Å². The first kappa shape index (κ1) is 18.8. The van der Waals surface area contributed by atoms with Crippen molar-refractivity contribution in [1.29, 1.82) is 0 Å². The van der Waals surface area contributed by atoms with Crippen LogP contribution in [-0.4, -0.2) is 27.4 Å². The van der Waals surface area contributed by atoms with Crippen LogP contribution in [0.25, 0.3) is 6.08 Å². The second-order valence-electron chi connectivity index (χ2n) is 5.81. The number of carbonyl (C=O) groups excluding carboxylic acids is 1. The van der Waals surface area contributed by atoms with Crippen LogP contribution in [0, 0.1) is 22.9 Å². The number of nitro groups is 1. The Hall–Kier alpha value is -3.00. The molecular formula is C19H16FN3O3S. The van der Waals surface area contributed by atoms with Gasteiger partial charge in [-0.2, -0.15) is 0 Å². The smallest absolute Gasteiger partial charge is 0.272 e. The molecule has 8 heteroatoms. The number of nitrogens with zero attached hydrogens (tertiary/aromatic N) is 3. The number of benzene rings is 2. The highest BCUT2D eigenvalue weighted by molar-refractivity contribution is 8.18. The molecule has 6 nitrogen and oxygen atoms in total. The molecule has 2 aromatic rings. The van der Waals surface area contributed by atoms with E-state index in [0.717, 1.165) is 11.8 Å². The molecule has 3 rings (SSSR count). The summed E-state index contributed by atoms with van der Waals surface area (Å²) >= 11 is 1.12. The number of aliphatic imine (C=N–C) groups is 1. The number of rotatable bonds is 4. The summed E-state index contributed by atoms with van der Waals surface area (Å²) in [6.07, 6.45) is 1.59. The van der Waals surface area contributed by atoms with Crippen molar-refractivity contribution >= 4 is 40.3 Å². The molecule has 1 heterocycles. The Morgan fingerprint density at radius 1 is 1.30 bits per heavy atom. The quantitative estimate of drug-likeness (QED) is 0.435. The zero-order valence-electron chi connectivity index (χ0n) is 14.7. The number of hydrogen-bond acceptors (Lipinski definition) is 5. The van der Waals surface area contributed by atoms with Gasteiger partial charge in [-0.1, -0.05) is 24.3 Å². The van der Waals surface area contributed by atoms with E-state index in [9.17, 15) is 19.3 Å². The number of hydrogen-bond donors (Lipinski definition) is 0. The lowest BCUT2D eigenvalue weighted by Gasteiger charge is -2.12. The van der Waals surface area contributed by atoms with Crippen LogP contribution >= 0.6 is 11.8 Å². The minimum Gasteiger partial charge on any atom is -0.287 e. The summed E-state index contributed by atoms with van der Waals surface area (Å²) in [5.41, 5.74) is 1.24. The third-order valence-electron chi connectivity index (χ3n) is 4.00. The average molecular weight is 385 g/mol. The molecule has 0 saturated carbocycles. The summed E-state index contributed by atoms with van der Waals surface area (Å²) in [5.74, 6) is -0.735. The highest BCUT2D eigenvalue weighted by atomic mass is 32.2. The molecule has 0 bridgehead atoms. The Balaban J connectivity index is 1.97. The summed E-state index contributed by atoms with van der Waals surface area (Å²) in [4.78, 5) is 29.4. The standard InChI is InChI=1S/C19H16FN3O3S/c1-3-22-18(24)17(11-13-9-8-12(2)16(10-13)23(25)26)27-19(22)21-15-7-5-4-6-14(15)20/h4-11H,3H2,1-2H3/b17-11+,21-19?. The van der Waals surface area contributed by atoms with Crippen molar-refractivity contribution in [2.75, 3.05) is 6.54 Å². The predicted octanol–water partition coefficient (Wildman–Crippen LogP) is 4.67. The second kappa shape index (κ2) is 7.71. The molecule has 0 atom stereocenters. The number of para-hydroxylation sites is 1. The number of amides is 1. The van der Waals surface area contributed by atoms with Gasteiger partial charge in [-0.25, -0.2) is 9.38 Å². The maximum atomic E-state index is 13.9. The van der Waals surface area contributed by atoms with Crippen LogP contribution in [0.1, 0.15) is 18.1 Å². The van der Waals surface area contributed by atoms with E-state index in [1.807, 2.05) is 0 Å². The van der Waals surface area contributed by atoms with Crippen molar-refractivity contribution in [3.63, 3.8) is 0 Å². The third-order valence-corrected chi connectivity index (χ3v) is 5.01. The molecule has 138 valence electrons. The van der Waals surface area contributed by atoms with Gasteiger partial charge in [-0.3, -0.25) is 19.8 Å². The Morgan fingerprint density at radius 3 is 2.70 bits per heavy atom. The number of nitro benzene ring substituents is 1. The van der Waals surface area contributed by atoms with Crippen molar-refractivity contribution in [1.82, 2.24) is 4.90 Å². The van der Waals surface area contributed by atoms with Crippen LogP contribution in [-0.2, 0) is 4.79 Å². The fourth-order valence-electron chi connectivity index (χ4n) is 2.58. The summed E-state index contributed by atoms with van der Waals surface area (Å²) in [6.45, 7) is 3.84. The van der Waals surface area contributed by atoms with Gasteiger partial charge < -0.3 is 0 Å². The van der Waals surface area contributed by atoms with E-state index in [2.05, 4.69) is 4.99 Å². The number of aryl methyl sites for hydroxylation is 1. The largest absolute Gasteiger partial charge is 0.287 e. The molecule has 1 aliphatic rings. The Bertz CT molecular complexity index is 988. The molecule has 0 aliphatic carbocycles. The van der Waals surface area contributed by atoms with Gasteiger partial charge in [0.15, 0.2) is 5.17 Å². The fraction of sp³-hybridized carbons (Fsp3) is 0.158. The average Bonchev–Trinajstić information content (AvgIpc) is 2.93. The molecule has 0 radical (unpaired) electrons. The van der Waals surface area contributed by atoms with E-state index in [0.29, 0.717) is 27.7 Å². The molecule has 0 N–H and O–H groups in total. The summed E-state index contributed by atoms with van der Waals surface area (Å²) in [7, 11) is 0. The van der Waals surface area contributed by atoms with Gasteiger partial charge in [0.1, 0.15) is 11.5 Å². The van der Waals surface area contributed by atoms with Gasteiger partial charge in [-0.05, 0) is 49.4 Å². The second-order valence-corrected chi connectivity index (χ2v) is 6.82. The first-order valence-electron chi connectivity index (χ1n) is 8.20. The maximum Gasteiger partial charge on any atom is 0.272 e. The summed E-state index contributed by atoms with van der Waals surface area (Å²) < 4.78 is 13.9. The van der Waals surface area contributed by atoms with Gasteiger partial charge in [0.2, 0.25) is 0 Å². The third kappa shape index (κ3) is 3.90. The lowest BCUT2D eigenvalue weighted by molar-refractivity contribution is -0.385. The Morgan fingerprint density at radius 2 is 2.04 bits per heavy atom. The van der Waals surface area contributed by atoms with Gasteiger partial charge in [-0.15, -0.1) is 0 Å². The molecule has 27 heavy (non-hydrogen) atoms. The first-order chi connectivity index (χ1) is 12.9. The van der Waals surface area contributed by atoms with Crippen molar-refractivity contribution in [3.8, 4) is 0 Å². The van der Waals surface area contributed by atoms with E-state index in [-0.39, 0.29) is 17.3 Å². The first-order valence-corrected chi connectivity index (χ1v) is 9.02. The van der Waals surface area contributed by atoms with Crippen molar-refractivity contribution in [2.24, 2.45) is 4.99 Å². The molecule has 1 fully saturated rings. The molecule has 1 aliphatic heterocycles. The van der Waals surface area contributed by atoms with E-state index >= 15 is 0 Å². The lowest BCUT2D eigenvalue weighted by atomic mass is 10.1. The van der Waals surface area contributed by atoms with Gasteiger partial charge in [0.05, 0.1) is 9.83 Å². The van der Waals surface area contributed by atoms with Crippen LogP contribution in [0.5, 0.6) is 0 Å². The highest BCUT2D eigenvalue weighted by Crippen LogP contribution is 2.35. The number of likely N-dealkylation sites (N-methyl/N-ethyl adjacent to an activating group) is 1. The van der Waals surface area contributed by atoms with Crippen molar-refractivity contribution in [3.05, 3.63) is 74.4 Å². The van der Waals surface area contributed by atoms with Crippen LogP contribution in [0.2, 0.25) is 0 Å². The van der Waals surface area contributed by atoms with Crippen molar-refractivity contribution in [2.45, 2.75) is 13.8 Å². The molecule has 0 aromatic heterocycles. The normalized spacial score (nSPS) is 17.1. The molecule has 1 saturated heterocycles. The Labute approximate surface area is 159 Å². The van der Waals surface area contributed by atoms with Gasteiger partial charge in [0, 0.05) is 18.2 Å². The zero-order chi connectivity index (χ0) is 19.6. The van der Waals surface area contributed by atoms with E-state index in [1.54, 1.807) is 44.2 Å². The van der Waals surface area contributed by atoms with Gasteiger partial charge in [0.25, 0.3) is 11.6 Å². The van der Waals surface area contributed by atoms with Crippen LogP contribution < -0.4 is 0 Å². The monoisotopic (exact) mass is 385 g/mol. The molecule has 0 spiro atoms. The molecule has 1 amide bonds. The lowest BCUT2D eigenvalue weighted by Crippen LogP contribution is -2.28. The van der Waals surface area contributed by atoms with Gasteiger partial charge >= 0.3 is 0 Å². The Kier molecular flexibility index (Phi) is 5.36. The van der Waals surface area contributed by atoms with Crippen LogP contribution in [0.4, 0.5) is 15.8 Å². The summed E-state index contributed by atoms with van der Waals surface area (Å²) in [5, 5.41) is 11.5. The maximum absolute atomic E-state index is 13.9. The SMILES string of the molecule is CCN1C(=O)/C(=C\c2ccc(C)c([N+](=O)[O-])c2)SC1=Nc1ccccc1F. The number of thioether (sulfide) groups is 1. The molecule has 0 unspecified atom stereocenters. The molecule has 2 aromatic carbocycles. The highest BCUT2D eigenvalue weighted by Gasteiger charge is 2.32. The number of carbonyl (C=O) groups is 1. The summed E-state index contributed by atoms with van der Waals surface area (Å²) in [6, 6.07) is 10.9. The molecular weight excluding hydrogens is 369 g/mol.